The van der Waals surface area contributed by atoms with Crippen molar-refractivity contribution in [1.82, 2.24) is 5.32 Å². The van der Waals surface area contributed by atoms with Gasteiger partial charge in [0.2, 0.25) is 0 Å². The van der Waals surface area contributed by atoms with Crippen molar-refractivity contribution in [2.45, 2.75) is 36.7 Å². The highest BCUT2D eigenvalue weighted by molar-refractivity contribution is 8.16. The second-order valence-corrected chi connectivity index (χ2v) is 8.23. The van der Waals surface area contributed by atoms with Crippen molar-refractivity contribution in [3.05, 3.63) is 35.4 Å². The van der Waals surface area contributed by atoms with Crippen LogP contribution < -0.4 is 5.32 Å². The molecule has 1 aliphatic rings. The Hall–Kier alpha value is -1.14. The van der Waals surface area contributed by atoms with Crippen molar-refractivity contribution in [2.75, 3.05) is 18.1 Å². The molecule has 1 fully saturated rings. The fourth-order valence-electron chi connectivity index (χ4n) is 2.35. The Bertz CT molecular complexity index is 513. The van der Waals surface area contributed by atoms with Crippen molar-refractivity contribution >= 4 is 35.4 Å². The van der Waals surface area contributed by atoms with Crippen LogP contribution in [-0.4, -0.2) is 35.0 Å². The first-order chi connectivity index (χ1) is 11.2. The molecule has 1 saturated heterocycles. The SMILES string of the molecule is O=C(O)CCCCCNC(=O)c1ccc(C2SCCCS2)cc1. The third-order valence-electron chi connectivity index (χ3n) is 3.63. The summed E-state index contributed by atoms with van der Waals surface area (Å²) in [4.78, 5) is 22.5. The normalized spacial score (nSPS) is 15.3. The molecule has 0 spiro atoms. The van der Waals surface area contributed by atoms with Crippen molar-refractivity contribution < 1.29 is 14.7 Å². The van der Waals surface area contributed by atoms with Crippen LogP contribution in [0.15, 0.2) is 24.3 Å². The summed E-state index contributed by atoms with van der Waals surface area (Å²) < 4.78 is 0.495. The maximum Gasteiger partial charge on any atom is 0.303 e. The van der Waals surface area contributed by atoms with E-state index in [1.54, 1.807) is 0 Å². The van der Waals surface area contributed by atoms with Crippen LogP contribution in [-0.2, 0) is 4.79 Å². The van der Waals surface area contributed by atoms with Gasteiger partial charge in [0, 0.05) is 18.5 Å². The molecule has 0 bridgehead atoms. The number of carbonyl (C=O) groups is 2. The fourth-order valence-corrected chi connectivity index (χ4v) is 5.25. The van der Waals surface area contributed by atoms with Crippen molar-refractivity contribution in [3.63, 3.8) is 0 Å². The Labute approximate surface area is 145 Å². The van der Waals surface area contributed by atoms with E-state index in [-0.39, 0.29) is 12.3 Å². The first-order valence-corrected chi connectivity index (χ1v) is 10.1. The van der Waals surface area contributed by atoms with Crippen LogP contribution in [0.1, 0.15) is 52.6 Å². The molecular weight excluding hydrogens is 330 g/mol. The van der Waals surface area contributed by atoms with Crippen LogP contribution in [0.5, 0.6) is 0 Å². The van der Waals surface area contributed by atoms with Gasteiger partial charge in [-0.3, -0.25) is 9.59 Å². The maximum absolute atomic E-state index is 12.1. The molecule has 0 saturated carbocycles. The fraction of sp³-hybridized carbons (Fsp3) is 0.529. The van der Waals surface area contributed by atoms with E-state index in [1.165, 1.54) is 23.5 Å². The smallest absolute Gasteiger partial charge is 0.303 e. The zero-order valence-corrected chi connectivity index (χ0v) is 14.8. The number of amides is 1. The quantitative estimate of drug-likeness (QED) is 0.693. The second kappa shape index (κ2) is 9.88. The molecule has 0 unspecified atom stereocenters. The summed E-state index contributed by atoms with van der Waals surface area (Å²) >= 11 is 3.95. The van der Waals surface area contributed by atoms with Crippen LogP contribution in [0, 0.1) is 0 Å². The summed E-state index contributed by atoms with van der Waals surface area (Å²) in [5.74, 6) is 1.60. The number of carboxylic acid groups (broad SMARTS) is 1. The topological polar surface area (TPSA) is 66.4 Å². The second-order valence-electron chi connectivity index (χ2n) is 5.51. The molecule has 2 N–H and O–H groups in total. The van der Waals surface area contributed by atoms with Gasteiger partial charge in [0.1, 0.15) is 0 Å². The Balaban J connectivity index is 1.71. The highest BCUT2D eigenvalue weighted by Gasteiger charge is 2.16. The molecule has 0 atom stereocenters. The maximum atomic E-state index is 12.1. The molecule has 23 heavy (non-hydrogen) atoms. The average molecular weight is 354 g/mol. The van der Waals surface area contributed by atoms with Crippen molar-refractivity contribution in [1.29, 1.82) is 0 Å². The molecule has 0 aliphatic carbocycles. The Morgan fingerprint density at radius 1 is 1.09 bits per heavy atom. The molecule has 1 aromatic rings. The summed E-state index contributed by atoms with van der Waals surface area (Å²) in [6.07, 6.45) is 3.77. The summed E-state index contributed by atoms with van der Waals surface area (Å²) in [6, 6.07) is 7.89. The lowest BCUT2D eigenvalue weighted by Crippen LogP contribution is -2.24. The van der Waals surface area contributed by atoms with E-state index in [0.29, 0.717) is 23.1 Å². The number of thioether (sulfide) groups is 2. The number of carboxylic acids is 1. The predicted molar refractivity (Wildman–Crippen MR) is 97.2 cm³/mol. The van der Waals surface area contributed by atoms with Crippen LogP contribution in [0.2, 0.25) is 0 Å². The minimum absolute atomic E-state index is 0.0567. The number of nitrogens with one attached hydrogen (secondary N) is 1. The monoisotopic (exact) mass is 353 g/mol. The van der Waals surface area contributed by atoms with Gasteiger partial charge in [0.15, 0.2) is 0 Å². The van der Waals surface area contributed by atoms with E-state index in [0.717, 1.165) is 12.8 Å². The van der Waals surface area contributed by atoms with Crippen LogP contribution in [0.3, 0.4) is 0 Å². The largest absolute Gasteiger partial charge is 0.481 e. The summed E-state index contributed by atoms with van der Waals surface area (Å²) in [5, 5.41) is 11.4. The van der Waals surface area contributed by atoms with Gasteiger partial charge >= 0.3 is 5.97 Å². The van der Waals surface area contributed by atoms with Gasteiger partial charge in [-0.25, -0.2) is 0 Å². The lowest BCUT2D eigenvalue weighted by molar-refractivity contribution is -0.137. The standard InChI is InChI=1S/C17H23NO3S2/c19-15(20)5-2-1-3-10-18-16(21)13-6-8-14(9-7-13)17-22-11-4-12-23-17/h6-9,17H,1-5,10-12H2,(H,18,21)(H,19,20). The number of benzene rings is 1. The molecule has 1 heterocycles. The van der Waals surface area contributed by atoms with Crippen LogP contribution in [0.4, 0.5) is 0 Å². The van der Waals surface area contributed by atoms with E-state index >= 15 is 0 Å². The van der Waals surface area contributed by atoms with Gasteiger partial charge < -0.3 is 10.4 Å². The highest BCUT2D eigenvalue weighted by atomic mass is 32.2. The molecule has 1 aliphatic heterocycles. The number of hydrogen-bond donors (Lipinski definition) is 2. The average Bonchev–Trinajstić information content (AvgIpc) is 2.58. The molecule has 1 amide bonds. The third-order valence-corrected chi connectivity index (χ3v) is 6.64. The minimum Gasteiger partial charge on any atom is -0.481 e. The van der Waals surface area contributed by atoms with Crippen molar-refractivity contribution in [2.24, 2.45) is 0 Å². The molecule has 6 heteroatoms. The van der Waals surface area contributed by atoms with Crippen LogP contribution in [0.25, 0.3) is 0 Å². The first kappa shape index (κ1) is 18.2. The van der Waals surface area contributed by atoms with Gasteiger partial charge in [-0.1, -0.05) is 18.6 Å². The Morgan fingerprint density at radius 3 is 2.43 bits per heavy atom. The molecule has 126 valence electrons. The molecule has 0 radical (unpaired) electrons. The lowest BCUT2D eigenvalue weighted by atomic mass is 10.1. The van der Waals surface area contributed by atoms with Gasteiger partial charge in [0.25, 0.3) is 5.91 Å². The van der Waals surface area contributed by atoms with Gasteiger partial charge in [-0.05, 0) is 48.5 Å². The summed E-state index contributed by atoms with van der Waals surface area (Å²) in [5.41, 5.74) is 1.97. The minimum atomic E-state index is -0.761. The summed E-state index contributed by atoms with van der Waals surface area (Å²) in [7, 11) is 0. The number of unbranched alkanes of at least 4 members (excludes halogenated alkanes) is 2. The van der Waals surface area contributed by atoms with Crippen molar-refractivity contribution in [3.8, 4) is 0 Å². The van der Waals surface area contributed by atoms with E-state index in [9.17, 15) is 9.59 Å². The zero-order valence-electron chi connectivity index (χ0n) is 13.1. The number of hydrogen-bond acceptors (Lipinski definition) is 4. The van der Waals surface area contributed by atoms with Crippen LogP contribution >= 0.6 is 23.5 Å². The first-order valence-electron chi connectivity index (χ1n) is 8.00. The highest BCUT2D eigenvalue weighted by Crippen LogP contribution is 2.43. The summed E-state index contributed by atoms with van der Waals surface area (Å²) in [6.45, 7) is 0.592. The Morgan fingerprint density at radius 2 is 1.78 bits per heavy atom. The van der Waals surface area contributed by atoms with E-state index in [4.69, 9.17) is 5.11 Å². The molecule has 0 aromatic heterocycles. The van der Waals surface area contributed by atoms with E-state index < -0.39 is 5.97 Å². The molecule has 2 rings (SSSR count). The van der Waals surface area contributed by atoms with E-state index in [2.05, 4.69) is 17.4 Å². The number of rotatable bonds is 8. The van der Waals surface area contributed by atoms with E-state index in [1.807, 2.05) is 35.7 Å². The Kier molecular flexibility index (Phi) is 7.82. The number of aliphatic carboxylic acids is 1. The third kappa shape index (κ3) is 6.47. The molecule has 1 aromatic carbocycles. The van der Waals surface area contributed by atoms with Gasteiger partial charge in [0.05, 0.1) is 4.58 Å². The van der Waals surface area contributed by atoms with Gasteiger partial charge in [-0.15, -0.1) is 23.5 Å². The zero-order chi connectivity index (χ0) is 16.5. The molecule has 4 nitrogen and oxygen atoms in total. The predicted octanol–water partition coefficient (Wildman–Crippen LogP) is 3.93. The molecular formula is C17H23NO3S2. The lowest BCUT2D eigenvalue weighted by Gasteiger charge is -2.21. The van der Waals surface area contributed by atoms with Gasteiger partial charge in [-0.2, -0.15) is 0 Å². The number of carbonyl (C=O) groups excluding carboxylic acids is 1.